The van der Waals surface area contributed by atoms with E-state index in [2.05, 4.69) is 22.3 Å². The van der Waals surface area contributed by atoms with Crippen LogP contribution in [0.5, 0.6) is 0 Å². The number of carbonyl (C=O) groups excluding carboxylic acids is 1. The Hall–Kier alpha value is -2.33. The molecule has 0 spiro atoms. The molecule has 23 heavy (non-hydrogen) atoms. The summed E-state index contributed by atoms with van der Waals surface area (Å²) in [5.41, 5.74) is 4.15. The number of hydrogen-bond donors (Lipinski definition) is 1. The third kappa shape index (κ3) is 4.83. The average Bonchev–Trinajstić information content (AvgIpc) is 2.53. The first-order chi connectivity index (χ1) is 11.0. The van der Waals surface area contributed by atoms with Crippen molar-refractivity contribution in [3.63, 3.8) is 0 Å². The summed E-state index contributed by atoms with van der Waals surface area (Å²) >= 11 is 0. The van der Waals surface area contributed by atoms with Gasteiger partial charge < -0.3 is 15.1 Å². The molecular formula is C19H25N3O. The van der Waals surface area contributed by atoms with Crippen LogP contribution in [0.15, 0.2) is 48.5 Å². The number of hydrogen-bond acceptors (Lipinski definition) is 3. The second-order valence-corrected chi connectivity index (χ2v) is 6.13. The quantitative estimate of drug-likeness (QED) is 0.891. The highest BCUT2D eigenvalue weighted by atomic mass is 16.1. The summed E-state index contributed by atoms with van der Waals surface area (Å²) in [4.78, 5) is 16.4. The topological polar surface area (TPSA) is 35.6 Å². The Morgan fingerprint density at radius 1 is 0.913 bits per heavy atom. The molecule has 0 atom stereocenters. The Balaban J connectivity index is 2.02. The molecule has 0 heterocycles. The molecule has 0 saturated heterocycles. The van der Waals surface area contributed by atoms with Gasteiger partial charge in [0.15, 0.2) is 0 Å². The lowest BCUT2D eigenvalue weighted by Crippen LogP contribution is -2.24. The highest BCUT2D eigenvalue weighted by Gasteiger charge is 2.08. The van der Waals surface area contributed by atoms with Crippen molar-refractivity contribution in [3.8, 4) is 0 Å². The SMILES string of the molecule is CN(C)Cc1ccccc1CNC(=O)c1ccc(N(C)C)cc1. The van der Waals surface area contributed by atoms with Crippen LogP contribution in [0.25, 0.3) is 0 Å². The molecule has 0 unspecified atom stereocenters. The van der Waals surface area contributed by atoms with Gasteiger partial charge in [-0.1, -0.05) is 24.3 Å². The first kappa shape index (κ1) is 17.0. The minimum absolute atomic E-state index is 0.0463. The Labute approximate surface area is 138 Å². The van der Waals surface area contributed by atoms with Crippen molar-refractivity contribution in [2.45, 2.75) is 13.1 Å². The summed E-state index contributed by atoms with van der Waals surface area (Å²) in [6.07, 6.45) is 0. The molecule has 0 aliphatic rings. The van der Waals surface area contributed by atoms with Crippen LogP contribution in [0.4, 0.5) is 5.69 Å². The van der Waals surface area contributed by atoms with Gasteiger partial charge in [-0.15, -0.1) is 0 Å². The largest absolute Gasteiger partial charge is 0.378 e. The molecular weight excluding hydrogens is 286 g/mol. The summed E-state index contributed by atoms with van der Waals surface area (Å²) in [6.45, 7) is 1.40. The van der Waals surface area contributed by atoms with Crippen molar-refractivity contribution in [1.82, 2.24) is 10.2 Å². The highest BCUT2D eigenvalue weighted by molar-refractivity contribution is 5.94. The number of nitrogens with zero attached hydrogens (tertiary/aromatic N) is 2. The van der Waals surface area contributed by atoms with E-state index in [1.165, 1.54) is 5.56 Å². The van der Waals surface area contributed by atoms with Crippen LogP contribution in [0.3, 0.4) is 0 Å². The van der Waals surface area contributed by atoms with E-state index in [0.29, 0.717) is 12.1 Å². The second kappa shape index (κ2) is 7.79. The molecule has 0 aliphatic carbocycles. The van der Waals surface area contributed by atoms with E-state index in [-0.39, 0.29) is 5.91 Å². The van der Waals surface area contributed by atoms with Gasteiger partial charge in [0.25, 0.3) is 5.91 Å². The van der Waals surface area contributed by atoms with Gasteiger partial charge in [-0.25, -0.2) is 0 Å². The molecule has 0 aliphatic heterocycles. The van der Waals surface area contributed by atoms with Crippen molar-refractivity contribution in [3.05, 3.63) is 65.2 Å². The molecule has 0 aromatic heterocycles. The van der Waals surface area contributed by atoms with Gasteiger partial charge in [0.05, 0.1) is 0 Å². The van der Waals surface area contributed by atoms with Crippen LogP contribution >= 0.6 is 0 Å². The Bertz CT molecular complexity index is 648. The normalized spacial score (nSPS) is 10.7. The molecule has 0 fully saturated rings. The third-order valence-electron chi connectivity index (χ3n) is 3.69. The minimum Gasteiger partial charge on any atom is -0.378 e. The highest BCUT2D eigenvalue weighted by Crippen LogP contribution is 2.13. The lowest BCUT2D eigenvalue weighted by atomic mass is 10.1. The summed E-state index contributed by atoms with van der Waals surface area (Å²) in [6, 6.07) is 15.8. The molecule has 0 radical (unpaired) electrons. The zero-order chi connectivity index (χ0) is 16.8. The fourth-order valence-corrected chi connectivity index (χ4v) is 2.41. The predicted molar refractivity (Wildman–Crippen MR) is 95.8 cm³/mol. The van der Waals surface area contributed by atoms with Crippen LogP contribution in [0, 0.1) is 0 Å². The van der Waals surface area contributed by atoms with Crippen LogP contribution in [-0.4, -0.2) is 39.0 Å². The van der Waals surface area contributed by atoms with Gasteiger partial charge in [-0.3, -0.25) is 4.79 Å². The van der Waals surface area contributed by atoms with E-state index in [4.69, 9.17) is 0 Å². The van der Waals surface area contributed by atoms with Crippen LogP contribution in [0.1, 0.15) is 21.5 Å². The molecule has 2 aromatic rings. The predicted octanol–water partition coefficient (Wildman–Crippen LogP) is 2.74. The van der Waals surface area contributed by atoms with Gasteiger partial charge in [-0.05, 0) is 49.5 Å². The lowest BCUT2D eigenvalue weighted by Gasteiger charge is -2.15. The number of benzene rings is 2. The van der Waals surface area contributed by atoms with Gasteiger partial charge >= 0.3 is 0 Å². The van der Waals surface area contributed by atoms with Crippen molar-refractivity contribution in [1.29, 1.82) is 0 Å². The molecule has 0 saturated carbocycles. The van der Waals surface area contributed by atoms with E-state index >= 15 is 0 Å². The number of amides is 1. The Morgan fingerprint density at radius 2 is 1.52 bits per heavy atom. The number of carbonyl (C=O) groups is 1. The first-order valence-corrected chi connectivity index (χ1v) is 7.74. The fourth-order valence-electron chi connectivity index (χ4n) is 2.41. The summed E-state index contributed by atoms with van der Waals surface area (Å²) in [5.74, 6) is -0.0463. The maximum atomic E-state index is 12.3. The summed E-state index contributed by atoms with van der Waals surface area (Å²) < 4.78 is 0. The molecule has 122 valence electrons. The summed E-state index contributed by atoms with van der Waals surface area (Å²) in [7, 11) is 8.05. The van der Waals surface area contributed by atoms with E-state index < -0.39 is 0 Å². The maximum absolute atomic E-state index is 12.3. The molecule has 2 rings (SSSR count). The molecule has 0 bridgehead atoms. The number of anilines is 1. The molecule has 1 amide bonds. The van der Waals surface area contributed by atoms with Crippen molar-refractivity contribution in [2.75, 3.05) is 33.1 Å². The molecule has 2 aromatic carbocycles. The van der Waals surface area contributed by atoms with E-state index in [1.807, 2.05) is 69.5 Å². The van der Waals surface area contributed by atoms with Crippen LogP contribution in [-0.2, 0) is 13.1 Å². The van der Waals surface area contributed by atoms with Gasteiger partial charge in [0.2, 0.25) is 0 Å². The maximum Gasteiger partial charge on any atom is 0.251 e. The third-order valence-corrected chi connectivity index (χ3v) is 3.69. The van der Waals surface area contributed by atoms with Crippen molar-refractivity contribution >= 4 is 11.6 Å². The van der Waals surface area contributed by atoms with E-state index in [9.17, 15) is 4.79 Å². The van der Waals surface area contributed by atoms with E-state index in [1.54, 1.807) is 0 Å². The smallest absolute Gasteiger partial charge is 0.251 e. The standard InChI is InChI=1S/C19H25N3O/c1-21(2)14-17-8-6-5-7-16(17)13-20-19(23)15-9-11-18(12-10-15)22(3)4/h5-12H,13-14H2,1-4H3,(H,20,23). The van der Waals surface area contributed by atoms with Gasteiger partial charge in [-0.2, -0.15) is 0 Å². The number of rotatable bonds is 6. The lowest BCUT2D eigenvalue weighted by molar-refractivity contribution is 0.0951. The second-order valence-electron chi connectivity index (χ2n) is 6.13. The summed E-state index contributed by atoms with van der Waals surface area (Å²) in [5, 5.41) is 3.01. The number of nitrogens with one attached hydrogen (secondary N) is 1. The molecule has 1 N–H and O–H groups in total. The van der Waals surface area contributed by atoms with Crippen LogP contribution in [0.2, 0.25) is 0 Å². The molecule has 4 nitrogen and oxygen atoms in total. The Kier molecular flexibility index (Phi) is 5.77. The average molecular weight is 311 g/mol. The van der Waals surface area contributed by atoms with Gasteiger partial charge in [0, 0.05) is 38.4 Å². The molecule has 4 heteroatoms. The first-order valence-electron chi connectivity index (χ1n) is 7.74. The monoisotopic (exact) mass is 311 g/mol. The Morgan fingerprint density at radius 3 is 2.09 bits per heavy atom. The van der Waals surface area contributed by atoms with E-state index in [0.717, 1.165) is 17.8 Å². The zero-order valence-electron chi connectivity index (χ0n) is 14.3. The van der Waals surface area contributed by atoms with Gasteiger partial charge in [0.1, 0.15) is 0 Å². The zero-order valence-corrected chi connectivity index (χ0v) is 14.3. The van der Waals surface area contributed by atoms with Crippen molar-refractivity contribution in [2.24, 2.45) is 0 Å². The fraction of sp³-hybridized carbons (Fsp3) is 0.316. The van der Waals surface area contributed by atoms with Crippen LogP contribution < -0.4 is 10.2 Å². The minimum atomic E-state index is -0.0463. The van der Waals surface area contributed by atoms with Crippen molar-refractivity contribution < 1.29 is 4.79 Å².